The maximum Gasteiger partial charge on any atom is 0.0497 e. The predicted octanol–water partition coefficient (Wildman–Crippen LogP) is 18.3. The maximum atomic E-state index is 6.86. The van der Waals surface area contributed by atoms with E-state index in [4.69, 9.17) is 23.2 Å². The molecule has 0 bridgehead atoms. The molecule has 0 N–H and O–H groups in total. The Labute approximate surface area is 389 Å². The van der Waals surface area contributed by atoms with Crippen LogP contribution in [0.4, 0.5) is 34.1 Å². The van der Waals surface area contributed by atoms with Crippen LogP contribution in [0.15, 0.2) is 191 Å². The number of halogens is 4. The van der Waals surface area contributed by atoms with Gasteiger partial charge in [-0.25, -0.2) is 0 Å². The Kier molecular flexibility index (Phi) is 16.1. The Balaban J connectivity index is 0.000000210. The highest BCUT2D eigenvalue weighted by molar-refractivity contribution is 9.11. The zero-order valence-electron chi connectivity index (χ0n) is 35.4. The Hall–Kier alpha value is -5.10. The molecule has 0 aliphatic heterocycles. The van der Waals surface area contributed by atoms with Gasteiger partial charge in [-0.05, 0) is 166 Å². The highest BCUT2D eigenvalue weighted by Gasteiger charge is 2.19. The van der Waals surface area contributed by atoms with E-state index in [-0.39, 0.29) is 0 Å². The number of hydrogen-bond donors (Lipinski definition) is 0. The number of rotatable bonds is 8. The van der Waals surface area contributed by atoms with Crippen molar-refractivity contribution in [2.75, 3.05) is 9.80 Å². The van der Waals surface area contributed by atoms with Gasteiger partial charge in [-0.1, -0.05) is 163 Å². The standard InChI is InChI=1S/C34H31ClN2.C15H16.C6H3Br2Cl/c1-24-9-5-13-29(17-24)36(30-14-6-10-25(2)18-30)33-21-28(35)22-34(23-33)37(31-15-7-11-26(3)19-31)32-16-8-12-27(4)20-32;1-12-5-3-7-14(9-12)11-15-8-4-6-13(2)10-15;7-4-1-5(8)3-6(9)2-4/h5-23H,1-4H3;3-10H,11H2,1-2H3;1-3H. The van der Waals surface area contributed by atoms with Crippen molar-refractivity contribution in [1.82, 2.24) is 0 Å². The second kappa shape index (κ2) is 21.6. The maximum absolute atomic E-state index is 6.86. The normalized spacial score (nSPS) is 10.5. The summed E-state index contributed by atoms with van der Waals surface area (Å²) in [6.07, 6.45) is 1.03. The van der Waals surface area contributed by atoms with E-state index in [1.807, 2.05) is 30.3 Å². The fraction of sp³-hybridized carbons (Fsp3) is 0.127. The van der Waals surface area contributed by atoms with Crippen molar-refractivity contribution in [3.05, 3.63) is 245 Å². The van der Waals surface area contributed by atoms with Crippen LogP contribution in [0.1, 0.15) is 44.5 Å². The molecule has 2 nitrogen and oxygen atoms in total. The van der Waals surface area contributed by atoms with Gasteiger partial charge in [0, 0.05) is 53.1 Å². The van der Waals surface area contributed by atoms with E-state index >= 15 is 0 Å². The number of hydrogen-bond acceptors (Lipinski definition) is 2. The molecule has 0 saturated heterocycles. The fourth-order valence-corrected chi connectivity index (χ4v) is 9.20. The van der Waals surface area contributed by atoms with Gasteiger partial charge in [0.2, 0.25) is 0 Å². The number of anilines is 6. The summed E-state index contributed by atoms with van der Waals surface area (Å²) in [4.78, 5) is 4.56. The van der Waals surface area contributed by atoms with Gasteiger partial charge in [0.05, 0.1) is 0 Å². The van der Waals surface area contributed by atoms with E-state index in [0.717, 1.165) is 54.5 Å². The third-order valence-electron chi connectivity index (χ3n) is 9.82. The van der Waals surface area contributed by atoms with Gasteiger partial charge in [0.25, 0.3) is 0 Å². The number of nitrogens with zero attached hydrogens (tertiary/aromatic N) is 2. The summed E-state index contributed by atoms with van der Waals surface area (Å²) in [6.45, 7) is 12.8. The lowest BCUT2D eigenvalue weighted by molar-refractivity contribution is 1.17. The molecule has 0 fully saturated rings. The molecule has 0 atom stereocenters. The lowest BCUT2D eigenvalue weighted by Crippen LogP contribution is -2.13. The van der Waals surface area contributed by atoms with Crippen LogP contribution in [0.3, 0.4) is 0 Å². The summed E-state index contributed by atoms with van der Waals surface area (Å²) >= 11 is 19.1. The van der Waals surface area contributed by atoms with Crippen LogP contribution in [0, 0.1) is 41.5 Å². The summed E-state index contributed by atoms with van der Waals surface area (Å²) in [5.74, 6) is 0. The molecule has 0 aliphatic rings. The molecular formula is C55H50Br2Cl2N2. The Morgan fingerprint density at radius 1 is 0.328 bits per heavy atom. The van der Waals surface area contributed by atoms with E-state index < -0.39 is 0 Å². The number of benzene rings is 8. The molecule has 0 aliphatic carbocycles. The van der Waals surface area contributed by atoms with E-state index in [2.05, 4.69) is 235 Å². The zero-order valence-corrected chi connectivity index (χ0v) is 40.1. The minimum absolute atomic E-state index is 0.683. The summed E-state index contributed by atoms with van der Waals surface area (Å²) in [7, 11) is 0. The molecule has 8 aromatic rings. The predicted molar refractivity (Wildman–Crippen MR) is 272 cm³/mol. The molecule has 0 heterocycles. The SMILES string of the molecule is Cc1cccc(Cc2cccc(C)c2)c1.Cc1cccc(N(c2cccc(C)c2)c2cc(Cl)cc(N(c3cccc(C)c3)c3cccc(C)c3)c2)c1.Clc1cc(Br)cc(Br)c1. The first-order chi connectivity index (χ1) is 29.3. The average Bonchev–Trinajstić information content (AvgIpc) is 3.18. The van der Waals surface area contributed by atoms with Gasteiger partial charge < -0.3 is 9.80 Å². The van der Waals surface area contributed by atoms with Crippen LogP contribution in [0.2, 0.25) is 10.0 Å². The van der Waals surface area contributed by atoms with Crippen LogP contribution < -0.4 is 9.80 Å². The van der Waals surface area contributed by atoms with Crippen LogP contribution in [-0.2, 0) is 6.42 Å². The van der Waals surface area contributed by atoms with Crippen molar-refractivity contribution >= 4 is 89.2 Å². The van der Waals surface area contributed by atoms with Gasteiger partial charge >= 0.3 is 0 Å². The van der Waals surface area contributed by atoms with Crippen LogP contribution in [0.5, 0.6) is 0 Å². The van der Waals surface area contributed by atoms with Gasteiger partial charge in [-0.3, -0.25) is 0 Å². The highest BCUT2D eigenvalue weighted by Crippen LogP contribution is 2.42. The van der Waals surface area contributed by atoms with Gasteiger partial charge in [0.15, 0.2) is 0 Å². The lowest BCUT2D eigenvalue weighted by atomic mass is 10.0. The van der Waals surface area contributed by atoms with Crippen molar-refractivity contribution in [1.29, 1.82) is 0 Å². The number of aryl methyl sites for hydroxylation is 6. The van der Waals surface area contributed by atoms with Crippen molar-refractivity contribution in [3.8, 4) is 0 Å². The third kappa shape index (κ3) is 13.4. The van der Waals surface area contributed by atoms with E-state index in [9.17, 15) is 0 Å². The smallest absolute Gasteiger partial charge is 0.0497 e. The Morgan fingerprint density at radius 2 is 0.623 bits per heavy atom. The summed E-state index contributed by atoms with van der Waals surface area (Å²) < 4.78 is 1.98. The molecule has 8 rings (SSSR count). The first-order valence-corrected chi connectivity index (χ1v) is 22.5. The Bertz CT molecular complexity index is 2430. The molecule has 6 heteroatoms. The van der Waals surface area contributed by atoms with Crippen LogP contribution in [0.25, 0.3) is 0 Å². The summed E-state index contributed by atoms with van der Waals surface area (Å²) in [6, 6.07) is 63.7. The van der Waals surface area contributed by atoms with E-state index in [1.54, 1.807) is 0 Å². The molecule has 308 valence electrons. The van der Waals surface area contributed by atoms with Gasteiger partial charge in [-0.15, -0.1) is 0 Å². The van der Waals surface area contributed by atoms with Crippen molar-refractivity contribution < 1.29 is 0 Å². The van der Waals surface area contributed by atoms with E-state index in [1.165, 1.54) is 44.5 Å². The summed E-state index contributed by atoms with van der Waals surface area (Å²) in [5, 5.41) is 1.42. The summed E-state index contributed by atoms with van der Waals surface area (Å²) in [5.41, 5.74) is 16.7. The van der Waals surface area contributed by atoms with Gasteiger partial charge in [-0.2, -0.15) is 0 Å². The fourth-order valence-electron chi connectivity index (χ4n) is 7.18. The van der Waals surface area contributed by atoms with Crippen LogP contribution >= 0.6 is 55.1 Å². The van der Waals surface area contributed by atoms with Crippen molar-refractivity contribution in [3.63, 3.8) is 0 Å². The largest absolute Gasteiger partial charge is 0.310 e. The van der Waals surface area contributed by atoms with Gasteiger partial charge in [0.1, 0.15) is 0 Å². The molecule has 0 saturated carbocycles. The topological polar surface area (TPSA) is 6.48 Å². The van der Waals surface area contributed by atoms with E-state index in [0.29, 0.717) is 5.02 Å². The van der Waals surface area contributed by atoms with Crippen molar-refractivity contribution in [2.24, 2.45) is 0 Å². The molecule has 0 unspecified atom stereocenters. The van der Waals surface area contributed by atoms with Crippen LogP contribution in [-0.4, -0.2) is 0 Å². The molecule has 0 amide bonds. The van der Waals surface area contributed by atoms with Crippen molar-refractivity contribution in [2.45, 2.75) is 48.0 Å². The molecule has 0 spiro atoms. The minimum Gasteiger partial charge on any atom is -0.310 e. The molecule has 0 radical (unpaired) electrons. The quantitative estimate of drug-likeness (QED) is 0.150. The third-order valence-corrected chi connectivity index (χ3v) is 11.2. The first kappa shape index (κ1) is 45.4. The molecule has 8 aromatic carbocycles. The highest BCUT2D eigenvalue weighted by atomic mass is 79.9. The average molecular weight is 970 g/mol. The molecule has 61 heavy (non-hydrogen) atoms. The second-order valence-electron chi connectivity index (χ2n) is 15.4. The molecular weight excluding hydrogens is 919 g/mol. The Morgan fingerprint density at radius 3 is 0.918 bits per heavy atom. The monoisotopic (exact) mass is 966 g/mol. The zero-order chi connectivity index (χ0) is 43.5. The first-order valence-electron chi connectivity index (χ1n) is 20.2. The minimum atomic E-state index is 0.683. The second-order valence-corrected chi connectivity index (χ2v) is 18.1. The molecule has 0 aromatic heterocycles. The lowest BCUT2D eigenvalue weighted by Gasteiger charge is -2.30.